The number of rotatable bonds is 2. The van der Waals surface area contributed by atoms with Gasteiger partial charge in [0.1, 0.15) is 5.82 Å². The van der Waals surface area contributed by atoms with E-state index in [-0.39, 0.29) is 0 Å². The largest absolute Gasteiger partial charge is 0.259 e. The van der Waals surface area contributed by atoms with E-state index in [1.807, 2.05) is 0 Å². The second-order valence-corrected chi connectivity index (χ2v) is 2.16. The zero-order valence-electron chi connectivity index (χ0n) is 6.11. The Balaban J connectivity index is 2.83. The van der Waals surface area contributed by atoms with Gasteiger partial charge in [-0.3, -0.25) is 10.1 Å². The maximum Gasteiger partial charge on any atom is 0.235 e. The molecule has 1 aromatic carbocycles. The zero-order valence-corrected chi connectivity index (χ0v) is 6.11. The summed E-state index contributed by atoms with van der Waals surface area (Å²) in [6.07, 6.45) is 2.01. The molecule has 12 heavy (non-hydrogen) atoms. The Morgan fingerprint density at radius 1 is 1.50 bits per heavy atom. The second kappa shape index (κ2) is 3.61. The molecule has 1 rings (SSSR count). The smallest absolute Gasteiger partial charge is 0.235 e. The van der Waals surface area contributed by atoms with Gasteiger partial charge in [0.05, 0.1) is 4.92 Å². The molecule has 0 spiro atoms. The lowest BCUT2D eigenvalue weighted by Crippen LogP contribution is -1.82. The number of benzene rings is 1. The minimum atomic E-state index is -0.592. The highest BCUT2D eigenvalue weighted by Gasteiger charge is 1.91. The summed E-state index contributed by atoms with van der Waals surface area (Å²) in [6.45, 7) is 0. The second-order valence-electron chi connectivity index (χ2n) is 2.16. The standard InChI is InChI=1S/C8H6FNO2/c9-8-3-1-2-7(6-8)4-5-10(11)12/h1-6H. The number of hydrogen-bond donors (Lipinski definition) is 0. The molecule has 0 saturated carbocycles. The average Bonchev–Trinajstić information content (AvgIpc) is 2.01. The van der Waals surface area contributed by atoms with Gasteiger partial charge in [0.15, 0.2) is 0 Å². The van der Waals surface area contributed by atoms with Crippen molar-refractivity contribution in [1.29, 1.82) is 0 Å². The molecule has 0 fully saturated rings. The van der Waals surface area contributed by atoms with E-state index in [0.29, 0.717) is 5.56 Å². The minimum absolute atomic E-state index is 0.402. The summed E-state index contributed by atoms with van der Waals surface area (Å²) in [5, 5.41) is 9.88. The van der Waals surface area contributed by atoms with Crippen LogP contribution in [0, 0.1) is 15.9 Å². The van der Waals surface area contributed by atoms with Gasteiger partial charge < -0.3 is 0 Å². The van der Waals surface area contributed by atoms with Gasteiger partial charge in [-0.05, 0) is 17.7 Å². The maximum atomic E-state index is 12.5. The van der Waals surface area contributed by atoms with Crippen molar-refractivity contribution in [3.05, 3.63) is 52.0 Å². The van der Waals surface area contributed by atoms with Crippen molar-refractivity contribution in [2.24, 2.45) is 0 Å². The monoisotopic (exact) mass is 167 g/mol. The predicted octanol–water partition coefficient (Wildman–Crippen LogP) is 2.07. The third kappa shape index (κ3) is 2.49. The molecular weight excluding hydrogens is 161 g/mol. The summed E-state index contributed by atoms with van der Waals surface area (Å²) in [7, 11) is 0. The Bertz CT molecular complexity index is 323. The highest BCUT2D eigenvalue weighted by Crippen LogP contribution is 2.04. The molecule has 4 heteroatoms. The maximum absolute atomic E-state index is 12.5. The fourth-order valence-corrected chi connectivity index (χ4v) is 0.757. The molecule has 0 aliphatic carbocycles. The Labute approximate surface area is 68.3 Å². The molecule has 0 unspecified atom stereocenters. The Morgan fingerprint density at radius 2 is 2.25 bits per heavy atom. The van der Waals surface area contributed by atoms with Gasteiger partial charge in [-0.1, -0.05) is 12.1 Å². The summed E-state index contributed by atoms with van der Waals surface area (Å²) < 4.78 is 12.5. The zero-order chi connectivity index (χ0) is 8.97. The lowest BCUT2D eigenvalue weighted by Gasteiger charge is -1.89. The van der Waals surface area contributed by atoms with Gasteiger partial charge in [0.2, 0.25) is 6.20 Å². The van der Waals surface area contributed by atoms with E-state index in [4.69, 9.17) is 0 Å². The normalized spacial score (nSPS) is 10.4. The van der Waals surface area contributed by atoms with E-state index in [1.165, 1.54) is 24.3 Å². The van der Waals surface area contributed by atoms with Crippen LogP contribution in [0.3, 0.4) is 0 Å². The van der Waals surface area contributed by atoms with E-state index in [1.54, 1.807) is 6.07 Å². The van der Waals surface area contributed by atoms with Crippen LogP contribution in [0.5, 0.6) is 0 Å². The molecule has 0 heterocycles. The van der Waals surface area contributed by atoms with Crippen LogP contribution < -0.4 is 0 Å². The molecule has 62 valence electrons. The first-order valence-corrected chi connectivity index (χ1v) is 3.26. The van der Waals surface area contributed by atoms with Crippen LogP contribution in [0.2, 0.25) is 0 Å². The van der Waals surface area contributed by atoms with E-state index in [2.05, 4.69) is 0 Å². The van der Waals surface area contributed by atoms with Crippen LogP contribution in [-0.2, 0) is 0 Å². The quantitative estimate of drug-likeness (QED) is 0.499. The molecule has 0 N–H and O–H groups in total. The van der Waals surface area contributed by atoms with Gasteiger partial charge in [0.25, 0.3) is 0 Å². The van der Waals surface area contributed by atoms with E-state index in [0.717, 1.165) is 6.20 Å². The molecule has 0 aliphatic heterocycles. The molecule has 3 nitrogen and oxygen atoms in total. The fourth-order valence-electron chi connectivity index (χ4n) is 0.757. The predicted molar refractivity (Wildman–Crippen MR) is 42.4 cm³/mol. The van der Waals surface area contributed by atoms with Crippen molar-refractivity contribution in [2.75, 3.05) is 0 Å². The molecule has 0 bridgehead atoms. The average molecular weight is 167 g/mol. The lowest BCUT2D eigenvalue weighted by molar-refractivity contribution is -0.400. The summed E-state index contributed by atoms with van der Waals surface area (Å²) in [6, 6.07) is 5.58. The SMILES string of the molecule is O=[N+]([O-])C=Cc1cccc(F)c1. The van der Waals surface area contributed by atoms with Crippen LogP contribution in [0.15, 0.2) is 30.5 Å². The van der Waals surface area contributed by atoms with Crippen molar-refractivity contribution >= 4 is 6.08 Å². The molecule has 0 aromatic heterocycles. The summed E-state index contributed by atoms with van der Waals surface area (Å²) in [5.41, 5.74) is 0.478. The Kier molecular flexibility index (Phi) is 2.53. The number of halogens is 1. The first kappa shape index (κ1) is 8.39. The number of nitrogens with zero attached hydrogens (tertiary/aromatic N) is 1. The fraction of sp³-hybridized carbons (Fsp3) is 0. The third-order valence-corrected chi connectivity index (χ3v) is 1.24. The van der Waals surface area contributed by atoms with E-state index >= 15 is 0 Å². The minimum Gasteiger partial charge on any atom is -0.259 e. The van der Waals surface area contributed by atoms with Crippen molar-refractivity contribution < 1.29 is 9.31 Å². The third-order valence-electron chi connectivity index (χ3n) is 1.24. The van der Waals surface area contributed by atoms with Crippen LogP contribution in [0.25, 0.3) is 6.08 Å². The number of hydrogen-bond acceptors (Lipinski definition) is 2. The van der Waals surface area contributed by atoms with Crippen molar-refractivity contribution in [3.8, 4) is 0 Å². The first-order chi connectivity index (χ1) is 5.68. The molecule has 0 radical (unpaired) electrons. The summed E-state index contributed by atoms with van der Waals surface area (Å²) in [4.78, 5) is 9.29. The molecular formula is C8H6FNO2. The molecule has 0 saturated heterocycles. The van der Waals surface area contributed by atoms with E-state index < -0.39 is 10.7 Å². The van der Waals surface area contributed by atoms with Gasteiger partial charge in [-0.2, -0.15) is 0 Å². The Morgan fingerprint density at radius 3 is 2.83 bits per heavy atom. The van der Waals surface area contributed by atoms with Crippen molar-refractivity contribution in [3.63, 3.8) is 0 Å². The first-order valence-electron chi connectivity index (χ1n) is 3.26. The highest BCUT2D eigenvalue weighted by atomic mass is 19.1. The molecule has 0 amide bonds. The molecule has 1 aromatic rings. The van der Waals surface area contributed by atoms with Crippen LogP contribution in [0.1, 0.15) is 5.56 Å². The van der Waals surface area contributed by atoms with Crippen molar-refractivity contribution in [1.82, 2.24) is 0 Å². The van der Waals surface area contributed by atoms with Crippen LogP contribution >= 0.6 is 0 Å². The van der Waals surface area contributed by atoms with Gasteiger partial charge in [-0.15, -0.1) is 0 Å². The summed E-state index contributed by atoms with van der Waals surface area (Å²) >= 11 is 0. The summed E-state index contributed by atoms with van der Waals surface area (Å²) in [5.74, 6) is -0.402. The lowest BCUT2D eigenvalue weighted by atomic mass is 10.2. The van der Waals surface area contributed by atoms with Gasteiger partial charge >= 0.3 is 0 Å². The number of nitro groups is 1. The molecule has 0 atom stereocenters. The van der Waals surface area contributed by atoms with Gasteiger partial charge in [0, 0.05) is 6.08 Å². The van der Waals surface area contributed by atoms with E-state index in [9.17, 15) is 14.5 Å². The topological polar surface area (TPSA) is 43.1 Å². The van der Waals surface area contributed by atoms with Gasteiger partial charge in [-0.25, -0.2) is 4.39 Å². The Hall–Kier alpha value is -1.71. The molecule has 0 aliphatic rings. The van der Waals surface area contributed by atoms with Crippen LogP contribution in [-0.4, -0.2) is 4.92 Å². The van der Waals surface area contributed by atoms with Crippen molar-refractivity contribution in [2.45, 2.75) is 0 Å². The van der Waals surface area contributed by atoms with Crippen LogP contribution in [0.4, 0.5) is 4.39 Å². The highest BCUT2D eigenvalue weighted by molar-refractivity contribution is 5.47.